The van der Waals surface area contributed by atoms with Gasteiger partial charge in [0.25, 0.3) is 0 Å². The summed E-state index contributed by atoms with van der Waals surface area (Å²) in [6.45, 7) is 0. The summed E-state index contributed by atoms with van der Waals surface area (Å²) in [5.74, 6) is 0.927. The highest BCUT2D eigenvalue weighted by Crippen LogP contribution is 2.40. The predicted octanol–water partition coefficient (Wildman–Crippen LogP) is 3.96. The van der Waals surface area contributed by atoms with Crippen molar-refractivity contribution in [1.29, 1.82) is 0 Å². The molecule has 1 N–H and O–H groups in total. The number of carboxylic acid groups (broad SMARTS) is 1. The van der Waals surface area contributed by atoms with Crippen molar-refractivity contribution in [1.82, 2.24) is 0 Å². The first-order valence-electron chi connectivity index (χ1n) is 5.98. The van der Waals surface area contributed by atoms with Crippen LogP contribution in [-0.2, 0) is 0 Å². The van der Waals surface area contributed by atoms with Gasteiger partial charge in [0.2, 0.25) is 5.75 Å². The first-order chi connectivity index (χ1) is 10.1. The van der Waals surface area contributed by atoms with Crippen molar-refractivity contribution < 1.29 is 24.1 Å². The SMILES string of the molecule is COc1cccc(OC)c1Oc1ccc(C(=O)O)c(Br)c1. The number of carbonyl (C=O) groups is 1. The van der Waals surface area contributed by atoms with Crippen molar-refractivity contribution in [3.8, 4) is 23.0 Å². The Balaban J connectivity index is 2.38. The van der Waals surface area contributed by atoms with Crippen LogP contribution in [0.2, 0.25) is 0 Å². The molecule has 2 rings (SSSR count). The van der Waals surface area contributed by atoms with E-state index in [1.165, 1.54) is 20.3 Å². The van der Waals surface area contributed by atoms with Crippen molar-refractivity contribution in [2.45, 2.75) is 0 Å². The fourth-order valence-corrected chi connectivity index (χ4v) is 2.30. The minimum Gasteiger partial charge on any atom is -0.493 e. The molecule has 0 aliphatic heterocycles. The molecule has 0 atom stereocenters. The minimum atomic E-state index is -1.01. The number of methoxy groups -OCH3 is 2. The molecule has 110 valence electrons. The van der Waals surface area contributed by atoms with E-state index in [-0.39, 0.29) is 5.56 Å². The zero-order valence-corrected chi connectivity index (χ0v) is 13.0. The third-order valence-corrected chi connectivity index (χ3v) is 3.43. The van der Waals surface area contributed by atoms with E-state index in [0.717, 1.165) is 0 Å². The topological polar surface area (TPSA) is 65.0 Å². The number of hydrogen-bond acceptors (Lipinski definition) is 4. The van der Waals surface area contributed by atoms with E-state index in [1.54, 1.807) is 30.3 Å². The van der Waals surface area contributed by atoms with Crippen molar-refractivity contribution in [3.05, 3.63) is 46.4 Å². The molecule has 6 heteroatoms. The molecule has 0 saturated carbocycles. The van der Waals surface area contributed by atoms with Gasteiger partial charge in [0.15, 0.2) is 11.5 Å². The third-order valence-electron chi connectivity index (χ3n) is 2.77. The number of ether oxygens (including phenoxy) is 3. The molecule has 0 saturated heterocycles. The number of halogens is 1. The van der Waals surface area contributed by atoms with Gasteiger partial charge in [-0.3, -0.25) is 0 Å². The molecule has 0 aromatic heterocycles. The average molecular weight is 353 g/mol. The second kappa shape index (κ2) is 6.49. The van der Waals surface area contributed by atoms with Crippen LogP contribution >= 0.6 is 15.9 Å². The lowest BCUT2D eigenvalue weighted by atomic mass is 10.2. The summed E-state index contributed by atoms with van der Waals surface area (Å²) in [4.78, 5) is 11.0. The van der Waals surface area contributed by atoms with Crippen molar-refractivity contribution in [2.75, 3.05) is 14.2 Å². The first kappa shape index (κ1) is 15.2. The van der Waals surface area contributed by atoms with Crippen LogP contribution in [0.4, 0.5) is 0 Å². The Morgan fingerprint density at radius 3 is 2.19 bits per heavy atom. The Hall–Kier alpha value is -2.21. The number of hydrogen-bond donors (Lipinski definition) is 1. The van der Waals surface area contributed by atoms with Crippen LogP contribution in [0.1, 0.15) is 10.4 Å². The first-order valence-corrected chi connectivity index (χ1v) is 6.77. The van der Waals surface area contributed by atoms with Gasteiger partial charge < -0.3 is 19.3 Å². The second-order valence-electron chi connectivity index (χ2n) is 4.04. The molecule has 0 bridgehead atoms. The molecule has 0 amide bonds. The number of carboxylic acids is 1. The van der Waals surface area contributed by atoms with E-state index in [9.17, 15) is 4.79 Å². The summed E-state index contributed by atoms with van der Waals surface area (Å²) in [5, 5.41) is 9.00. The van der Waals surface area contributed by atoms with E-state index in [0.29, 0.717) is 27.5 Å². The van der Waals surface area contributed by atoms with Gasteiger partial charge in [0.1, 0.15) is 5.75 Å². The fourth-order valence-electron chi connectivity index (χ4n) is 1.77. The molecule has 2 aromatic rings. The van der Waals surface area contributed by atoms with Crippen molar-refractivity contribution >= 4 is 21.9 Å². The maximum atomic E-state index is 11.0. The highest BCUT2D eigenvalue weighted by Gasteiger charge is 2.14. The molecule has 0 aliphatic rings. The van der Waals surface area contributed by atoms with E-state index < -0.39 is 5.97 Å². The van der Waals surface area contributed by atoms with Crippen molar-refractivity contribution in [3.63, 3.8) is 0 Å². The summed E-state index contributed by atoms with van der Waals surface area (Å²) in [7, 11) is 3.07. The van der Waals surface area contributed by atoms with Gasteiger partial charge in [-0.2, -0.15) is 0 Å². The Bertz CT molecular complexity index is 647. The lowest BCUT2D eigenvalue weighted by Crippen LogP contribution is -1.98. The molecule has 0 radical (unpaired) electrons. The van der Waals surface area contributed by atoms with Crippen LogP contribution in [0, 0.1) is 0 Å². The molecular weight excluding hydrogens is 340 g/mol. The van der Waals surface area contributed by atoms with E-state index in [1.807, 2.05) is 0 Å². The van der Waals surface area contributed by atoms with Crippen LogP contribution in [0.15, 0.2) is 40.9 Å². The monoisotopic (exact) mass is 352 g/mol. The van der Waals surface area contributed by atoms with Gasteiger partial charge >= 0.3 is 5.97 Å². The molecule has 5 nitrogen and oxygen atoms in total. The molecule has 0 unspecified atom stereocenters. The molecule has 0 aliphatic carbocycles. The summed E-state index contributed by atoms with van der Waals surface area (Å²) < 4.78 is 16.7. The Labute approximate surface area is 130 Å². The minimum absolute atomic E-state index is 0.161. The van der Waals surface area contributed by atoms with Crippen LogP contribution in [0.25, 0.3) is 0 Å². The zero-order chi connectivity index (χ0) is 15.4. The van der Waals surface area contributed by atoms with E-state index >= 15 is 0 Å². The maximum Gasteiger partial charge on any atom is 0.336 e. The highest BCUT2D eigenvalue weighted by atomic mass is 79.9. The third kappa shape index (κ3) is 3.28. The van der Waals surface area contributed by atoms with Crippen LogP contribution < -0.4 is 14.2 Å². The molecule has 0 fully saturated rings. The Morgan fingerprint density at radius 1 is 1.10 bits per heavy atom. The lowest BCUT2D eigenvalue weighted by molar-refractivity contribution is 0.0696. The van der Waals surface area contributed by atoms with Gasteiger partial charge in [-0.05, 0) is 46.3 Å². The average Bonchev–Trinajstić information content (AvgIpc) is 2.47. The Morgan fingerprint density at radius 2 is 1.71 bits per heavy atom. The normalized spacial score (nSPS) is 10.0. The summed E-state index contributed by atoms with van der Waals surface area (Å²) in [5.41, 5.74) is 0.161. The number of benzene rings is 2. The summed E-state index contributed by atoms with van der Waals surface area (Å²) >= 11 is 3.21. The molecule has 0 heterocycles. The molecule has 2 aromatic carbocycles. The number of para-hydroxylation sites is 1. The zero-order valence-electron chi connectivity index (χ0n) is 11.4. The number of rotatable bonds is 5. The predicted molar refractivity (Wildman–Crippen MR) is 80.7 cm³/mol. The van der Waals surface area contributed by atoms with Gasteiger partial charge in [-0.15, -0.1) is 0 Å². The number of aromatic carboxylic acids is 1. The quantitative estimate of drug-likeness (QED) is 0.882. The maximum absolute atomic E-state index is 11.0. The highest BCUT2D eigenvalue weighted by molar-refractivity contribution is 9.10. The van der Waals surface area contributed by atoms with Gasteiger partial charge in [0.05, 0.1) is 19.8 Å². The molecular formula is C15H13BrO5. The van der Waals surface area contributed by atoms with Gasteiger partial charge in [-0.25, -0.2) is 4.79 Å². The molecule has 0 spiro atoms. The van der Waals surface area contributed by atoms with E-state index in [2.05, 4.69) is 15.9 Å². The fraction of sp³-hybridized carbons (Fsp3) is 0.133. The van der Waals surface area contributed by atoms with E-state index in [4.69, 9.17) is 19.3 Å². The smallest absolute Gasteiger partial charge is 0.336 e. The molecule has 21 heavy (non-hydrogen) atoms. The standard InChI is InChI=1S/C15H13BrO5/c1-19-12-4-3-5-13(20-2)14(12)21-9-6-7-10(15(17)18)11(16)8-9/h3-8H,1-2H3,(H,17,18). The summed E-state index contributed by atoms with van der Waals surface area (Å²) in [6, 6.07) is 9.89. The largest absolute Gasteiger partial charge is 0.493 e. The van der Waals surface area contributed by atoms with Gasteiger partial charge in [0, 0.05) is 4.47 Å². The van der Waals surface area contributed by atoms with Crippen LogP contribution in [0.5, 0.6) is 23.0 Å². The lowest BCUT2D eigenvalue weighted by Gasteiger charge is -2.14. The van der Waals surface area contributed by atoms with Crippen molar-refractivity contribution in [2.24, 2.45) is 0 Å². The van der Waals surface area contributed by atoms with Crippen LogP contribution in [0.3, 0.4) is 0 Å². The van der Waals surface area contributed by atoms with Crippen LogP contribution in [-0.4, -0.2) is 25.3 Å². The Kier molecular flexibility index (Phi) is 4.70. The second-order valence-corrected chi connectivity index (χ2v) is 4.89. The van der Waals surface area contributed by atoms with Gasteiger partial charge in [-0.1, -0.05) is 6.07 Å². The summed E-state index contributed by atoms with van der Waals surface area (Å²) in [6.07, 6.45) is 0.